The molecule has 0 heterocycles. The lowest BCUT2D eigenvalue weighted by atomic mass is 10.1. The van der Waals surface area contributed by atoms with E-state index >= 15 is 0 Å². The van der Waals surface area contributed by atoms with Crippen molar-refractivity contribution in [2.75, 3.05) is 120 Å². The van der Waals surface area contributed by atoms with E-state index in [2.05, 4.69) is 0 Å². The van der Waals surface area contributed by atoms with Gasteiger partial charge in [0.25, 0.3) is 0 Å². The highest BCUT2D eigenvalue weighted by molar-refractivity contribution is 5.88. The fourth-order valence-corrected chi connectivity index (χ4v) is 4.23. The van der Waals surface area contributed by atoms with Crippen molar-refractivity contribution in [1.29, 1.82) is 0 Å². The Morgan fingerprint density at radius 3 is 1.72 bits per heavy atom. The minimum atomic E-state index is -0.765. The lowest BCUT2D eigenvalue weighted by Gasteiger charge is -2.30. The van der Waals surface area contributed by atoms with Gasteiger partial charge in [0.05, 0.1) is 85.8 Å². The number of benzene rings is 2. The number of methoxy groups -OCH3 is 2. The molecule has 0 N–H and O–H groups in total. The van der Waals surface area contributed by atoms with Gasteiger partial charge in [-0.25, -0.2) is 4.79 Å². The van der Waals surface area contributed by atoms with E-state index in [0.29, 0.717) is 71.8 Å². The molecule has 0 spiro atoms. The van der Waals surface area contributed by atoms with E-state index in [-0.39, 0.29) is 51.5 Å². The number of ether oxygens (including phenoxy) is 10. The number of nitrogens with zero attached hydrogens (tertiary/aromatic N) is 1. The predicted octanol–water partition coefficient (Wildman–Crippen LogP) is 2.76. The second-order valence-corrected chi connectivity index (χ2v) is 10.6. The summed E-state index contributed by atoms with van der Waals surface area (Å²) in [5, 5.41) is 1.95. The Kier molecular flexibility index (Phi) is 22.4. The number of hydrogen-bond acceptors (Lipinski definition) is 12. The van der Waals surface area contributed by atoms with Crippen LogP contribution in [0.5, 0.6) is 5.75 Å². The molecule has 0 fully saturated rings. The summed E-state index contributed by atoms with van der Waals surface area (Å²) in [5.41, 5.74) is 0. The fraction of sp³-hybridized carbons (Fsp3) is 0.647. The first kappa shape index (κ1) is 40.3. The maximum absolute atomic E-state index is 13.2. The van der Waals surface area contributed by atoms with Crippen molar-refractivity contribution >= 4 is 22.6 Å². The monoisotopic (exact) mass is 667 g/mol. The van der Waals surface area contributed by atoms with E-state index < -0.39 is 12.1 Å². The Morgan fingerprint density at radius 2 is 1.15 bits per heavy atom. The summed E-state index contributed by atoms with van der Waals surface area (Å²) in [6.07, 6.45) is -0.765. The third kappa shape index (κ3) is 18.3. The molecule has 0 aliphatic carbocycles. The van der Waals surface area contributed by atoms with Gasteiger partial charge in [-0.3, -0.25) is 4.79 Å². The molecule has 0 aromatic heterocycles. The van der Waals surface area contributed by atoms with E-state index in [1.165, 1.54) is 0 Å². The first-order valence-electron chi connectivity index (χ1n) is 16.0. The minimum absolute atomic E-state index is 0.0313. The average molecular weight is 668 g/mol. The van der Waals surface area contributed by atoms with Gasteiger partial charge in [0.15, 0.2) is 6.10 Å². The SMILES string of the molecule is COCCOCCOCCOCC(=O)O[C@H](COc1cccc2ccccc12)CN(C(=O)COCCOCCOCCOC)C(C)C. The van der Waals surface area contributed by atoms with Crippen LogP contribution in [-0.4, -0.2) is 149 Å². The Hall–Kier alpha value is -2.88. The Labute approximate surface area is 278 Å². The fourth-order valence-electron chi connectivity index (χ4n) is 4.23. The van der Waals surface area contributed by atoms with Gasteiger partial charge in [0.1, 0.15) is 25.6 Å². The molecule has 0 bridgehead atoms. The van der Waals surface area contributed by atoms with Gasteiger partial charge in [0.2, 0.25) is 5.91 Å². The van der Waals surface area contributed by atoms with Gasteiger partial charge >= 0.3 is 5.97 Å². The van der Waals surface area contributed by atoms with Crippen molar-refractivity contribution in [3.63, 3.8) is 0 Å². The van der Waals surface area contributed by atoms with Crippen molar-refractivity contribution in [2.24, 2.45) is 0 Å². The topological polar surface area (TPSA) is 130 Å². The lowest BCUT2D eigenvalue weighted by molar-refractivity contribution is -0.160. The smallest absolute Gasteiger partial charge is 0.332 e. The molecule has 0 saturated heterocycles. The number of esters is 1. The Balaban J connectivity index is 1.87. The molecule has 1 atom stereocenters. The van der Waals surface area contributed by atoms with Crippen molar-refractivity contribution in [2.45, 2.75) is 26.0 Å². The number of carbonyl (C=O) groups is 2. The highest BCUT2D eigenvalue weighted by Gasteiger charge is 2.25. The molecule has 0 saturated carbocycles. The molecule has 0 aliphatic heterocycles. The number of hydrogen-bond donors (Lipinski definition) is 0. The van der Waals surface area contributed by atoms with Crippen LogP contribution < -0.4 is 4.74 Å². The summed E-state index contributed by atoms with van der Waals surface area (Å²) in [4.78, 5) is 27.5. The maximum atomic E-state index is 13.2. The van der Waals surface area contributed by atoms with Gasteiger partial charge < -0.3 is 52.3 Å². The molecule has 0 radical (unpaired) electrons. The van der Waals surface area contributed by atoms with Gasteiger partial charge in [-0.2, -0.15) is 0 Å². The molecule has 13 nitrogen and oxygen atoms in total. The molecule has 0 aliphatic rings. The molecule has 47 heavy (non-hydrogen) atoms. The predicted molar refractivity (Wildman–Crippen MR) is 175 cm³/mol. The van der Waals surface area contributed by atoms with Crippen LogP contribution in [0.25, 0.3) is 10.8 Å². The summed E-state index contributed by atoms with van der Waals surface area (Å²) < 4.78 is 54.4. The van der Waals surface area contributed by atoms with Crippen molar-refractivity contribution in [3.05, 3.63) is 42.5 Å². The molecule has 266 valence electrons. The van der Waals surface area contributed by atoms with Crippen LogP contribution >= 0.6 is 0 Å². The van der Waals surface area contributed by atoms with Crippen LogP contribution in [0.1, 0.15) is 13.8 Å². The normalized spacial score (nSPS) is 12.0. The molecule has 1 amide bonds. The first-order chi connectivity index (χ1) is 23.0. The van der Waals surface area contributed by atoms with E-state index in [1.807, 2.05) is 56.3 Å². The zero-order valence-corrected chi connectivity index (χ0v) is 28.4. The zero-order chi connectivity index (χ0) is 34.0. The maximum Gasteiger partial charge on any atom is 0.332 e. The third-order valence-corrected chi connectivity index (χ3v) is 6.61. The van der Waals surface area contributed by atoms with Gasteiger partial charge in [-0.1, -0.05) is 36.4 Å². The molecular weight excluding hydrogens is 614 g/mol. The number of fused-ring (bicyclic) bond motifs is 1. The molecule has 0 unspecified atom stereocenters. The molecule has 2 aromatic rings. The van der Waals surface area contributed by atoms with Crippen LogP contribution in [0.3, 0.4) is 0 Å². The van der Waals surface area contributed by atoms with Crippen LogP contribution in [0.15, 0.2) is 42.5 Å². The quantitative estimate of drug-likeness (QED) is 0.0935. The van der Waals surface area contributed by atoms with Crippen LogP contribution in [0.4, 0.5) is 0 Å². The second-order valence-electron chi connectivity index (χ2n) is 10.6. The standard InChI is InChI=1S/C34H53NO12/c1-28(2)35(33(36)26-44-22-20-42-18-16-40-14-12-38-3)24-30(25-46-32-11-7-9-29-8-5-6-10-31(29)32)47-34(37)27-45-23-21-43-19-17-41-15-13-39-4/h5-11,28,30H,12-27H2,1-4H3/t30-/m0/s1. The van der Waals surface area contributed by atoms with Crippen molar-refractivity contribution < 1.29 is 57.0 Å². The second kappa shape index (κ2) is 26.1. The minimum Gasteiger partial charge on any atom is -0.489 e. The molecule has 2 rings (SSSR count). The summed E-state index contributed by atoms with van der Waals surface area (Å²) >= 11 is 0. The summed E-state index contributed by atoms with van der Waals surface area (Å²) in [6.45, 7) is 8.39. The summed E-state index contributed by atoms with van der Waals surface area (Å²) in [5.74, 6) is -0.164. The van der Waals surface area contributed by atoms with Gasteiger partial charge in [-0.05, 0) is 25.3 Å². The largest absolute Gasteiger partial charge is 0.489 e. The zero-order valence-electron chi connectivity index (χ0n) is 28.4. The first-order valence-corrected chi connectivity index (χ1v) is 16.0. The van der Waals surface area contributed by atoms with E-state index in [0.717, 1.165) is 10.8 Å². The highest BCUT2D eigenvalue weighted by atomic mass is 16.6. The molecule has 2 aromatic carbocycles. The average Bonchev–Trinajstić information content (AvgIpc) is 3.07. The van der Waals surface area contributed by atoms with Crippen LogP contribution in [-0.2, 0) is 52.2 Å². The third-order valence-electron chi connectivity index (χ3n) is 6.61. The molecule has 13 heteroatoms. The summed E-state index contributed by atoms with van der Waals surface area (Å²) in [7, 11) is 3.23. The lowest BCUT2D eigenvalue weighted by Crippen LogP contribution is -2.47. The Bertz CT molecular complexity index is 1100. The van der Waals surface area contributed by atoms with Crippen molar-refractivity contribution in [3.8, 4) is 5.75 Å². The molecular formula is C34H53NO12. The van der Waals surface area contributed by atoms with Crippen molar-refractivity contribution in [1.82, 2.24) is 4.90 Å². The Morgan fingerprint density at radius 1 is 0.638 bits per heavy atom. The van der Waals surface area contributed by atoms with E-state index in [4.69, 9.17) is 47.4 Å². The number of rotatable bonds is 29. The van der Waals surface area contributed by atoms with E-state index in [1.54, 1.807) is 19.1 Å². The highest BCUT2D eigenvalue weighted by Crippen LogP contribution is 2.25. The van der Waals surface area contributed by atoms with E-state index in [9.17, 15) is 9.59 Å². The van der Waals surface area contributed by atoms with Crippen LogP contribution in [0.2, 0.25) is 0 Å². The summed E-state index contributed by atoms with van der Waals surface area (Å²) in [6, 6.07) is 13.4. The van der Waals surface area contributed by atoms with Crippen LogP contribution in [0, 0.1) is 0 Å². The number of carbonyl (C=O) groups excluding carboxylic acids is 2. The van der Waals surface area contributed by atoms with Gasteiger partial charge in [0, 0.05) is 25.6 Å². The number of amides is 1. The van der Waals surface area contributed by atoms with Gasteiger partial charge in [-0.15, -0.1) is 0 Å².